The maximum atomic E-state index is 12.4. The lowest BCUT2D eigenvalue weighted by Crippen LogP contribution is -2.45. The van der Waals surface area contributed by atoms with Crippen molar-refractivity contribution in [2.75, 3.05) is 6.61 Å². The summed E-state index contributed by atoms with van der Waals surface area (Å²) in [5, 5.41) is 23.0. The summed E-state index contributed by atoms with van der Waals surface area (Å²) in [6.45, 7) is 4.19. The number of aliphatic hydroxyl groups is 2. The molecular formula is C50H91NO3. The first-order chi connectivity index (χ1) is 26.7. The smallest absolute Gasteiger partial charge is 0.220 e. The second kappa shape index (κ2) is 45.5. The SMILES string of the molecule is CC/C=C\C/C=C\C/C=C\C/C=C\CCCCCCC(=O)NC(CO)C(O)/C=C/CCCCCCCCCCCCCCCCCCCCCCCCC. The maximum absolute atomic E-state index is 12.4. The second-order valence-electron chi connectivity index (χ2n) is 15.8. The highest BCUT2D eigenvalue weighted by Crippen LogP contribution is 2.16. The molecule has 0 radical (unpaired) electrons. The number of aliphatic hydroxyl groups excluding tert-OH is 2. The topological polar surface area (TPSA) is 69.6 Å². The number of allylic oxidation sites excluding steroid dienone is 9. The highest BCUT2D eigenvalue weighted by molar-refractivity contribution is 5.76. The Morgan fingerprint density at radius 2 is 0.815 bits per heavy atom. The molecular weight excluding hydrogens is 663 g/mol. The lowest BCUT2D eigenvalue weighted by atomic mass is 10.0. The van der Waals surface area contributed by atoms with Gasteiger partial charge < -0.3 is 15.5 Å². The Balaban J connectivity index is 3.57. The van der Waals surface area contributed by atoms with Crippen molar-refractivity contribution >= 4 is 5.91 Å². The molecule has 1 amide bonds. The first-order valence-electron chi connectivity index (χ1n) is 23.5. The van der Waals surface area contributed by atoms with E-state index >= 15 is 0 Å². The molecule has 0 spiro atoms. The molecule has 0 bridgehead atoms. The molecule has 314 valence electrons. The van der Waals surface area contributed by atoms with Crippen molar-refractivity contribution in [3.05, 3.63) is 60.8 Å². The largest absolute Gasteiger partial charge is 0.394 e. The molecule has 54 heavy (non-hydrogen) atoms. The predicted octanol–water partition coefficient (Wildman–Crippen LogP) is 14.9. The van der Waals surface area contributed by atoms with Crippen molar-refractivity contribution in [3.63, 3.8) is 0 Å². The molecule has 0 saturated heterocycles. The average molecular weight is 754 g/mol. The number of hydrogen-bond donors (Lipinski definition) is 3. The normalized spacial score (nSPS) is 13.5. The summed E-state index contributed by atoms with van der Waals surface area (Å²) in [7, 11) is 0. The Morgan fingerprint density at radius 3 is 1.22 bits per heavy atom. The van der Waals surface area contributed by atoms with E-state index in [4.69, 9.17) is 0 Å². The molecule has 2 atom stereocenters. The van der Waals surface area contributed by atoms with Gasteiger partial charge in [-0.25, -0.2) is 0 Å². The van der Waals surface area contributed by atoms with Crippen LogP contribution in [-0.2, 0) is 4.79 Å². The summed E-state index contributed by atoms with van der Waals surface area (Å²) in [4.78, 5) is 12.4. The zero-order chi connectivity index (χ0) is 39.3. The zero-order valence-corrected chi connectivity index (χ0v) is 36.0. The number of nitrogens with one attached hydrogen (secondary N) is 1. The summed E-state index contributed by atoms with van der Waals surface area (Å²) in [5.41, 5.74) is 0. The van der Waals surface area contributed by atoms with E-state index in [1.165, 1.54) is 141 Å². The quantitative estimate of drug-likeness (QED) is 0.0429. The van der Waals surface area contributed by atoms with Crippen molar-refractivity contribution in [1.82, 2.24) is 5.32 Å². The van der Waals surface area contributed by atoms with E-state index in [0.29, 0.717) is 6.42 Å². The summed E-state index contributed by atoms with van der Waals surface area (Å²) < 4.78 is 0. The van der Waals surface area contributed by atoms with Crippen molar-refractivity contribution in [1.29, 1.82) is 0 Å². The van der Waals surface area contributed by atoms with E-state index < -0.39 is 12.1 Å². The van der Waals surface area contributed by atoms with Gasteiger partial charge in [-0.1, -0.05) is 229 Å². The number of carbonyl (C=O) groups is 1. The standard InChI is InChI=1S/C50H91NO3/c1-3-5-7-9-11-13-15-17-19-21-22-23-24-25-26-27-28-30-31-33-35-37-39-41-43-45-49(53)48(47-52)51-50(54)46-44-42-40-38-36-34-32-29-20-18-16-14-12-10-8-6-4-2/h6,8,12,14,18,20,32,34,43,45,48-49,52-53H,3-5,7,9-11,13,15-17,19,21-31,33,35-42,44,46-47H2,1-2H3,(H,51,54)/b8-6-,14-12-,20-18-,34-32-,45-43+. The van der Waals surface area contributed by atoms with E-state index in [1.54, 1.807) is 6.08 Å². The van der Waals surface area contributed by atoms with Gasteiger partial charge in [0.2, 0.25) is 5.91 Å². The van der Waals surface area contributed by atoms with Crippen LogP contribution in [0.4, 0.5) is 0 Å². The number of amides is 1. The van der Waals surface area contributed by atoms with E-state index in [2.05, 4.69) is 67.8 Å². The van der Waals surface area contributed by atoms with Gasteiger partial charge in [-0.05, 0) is 57.8 Å². The minimum Gasteiger partial charge on any atom is -0.394 e. The highest BCUT2D eigenvalue weighted by Gasteiger charge is 2.17. The van der Waals surface area contributed by atoms with Crippen LogP contribution < -0.4 is 5.32 Å². The number of unbranched alkanes of at least 4 members (excludes halogenated alkanes) is 27. The molecule has 0 fully saturated rings. The molecule has 0 aromatic carbocycles. The van der Waals surface area contributed by atoms with Crippen molar-refractivity contribution < 1.29 is 15.0 Å². The Hall–Kier alpha value is -1.91. The van der Waals surface area contributed by atoms with Gasteiger partial charge in [0.1, 0.15) is 0 Å². The summed E-state index contributed by atoms with van der Waals surface area (Å²) in [6, 6.07) is -0.638. The van der Waals surface area contributed by atoms with E-state index in [9.17, 15) is 15.0 Å². The molecule has 0 aromatic heterocycles. The third kappa shape index (κ3) is 41.3. The van der Waals surface area contributed by atoms with Gasteiger partial charge in [0.25, 0.3) is 0 Å². The summed E-state index contributed by atoms with van der Waals surface area (Å²) in [5.74, 6) is -0.0877. The average Bonchev–Trinajstić information content (AvgIpc) is 3.18. The van der Waals surface area contributed by atoms with Gasteiger partial charge in [-0.2, -0.15) is 0 Å². The minimum atomic E-state index is -0.852. The number of carbonyl (C=O) groups excluding carboxylic acids is 1. The highest BCUT2D eigenvalue weighted by atomic mass is 16.3. The van der Waals surface area contributed by atoms with Crippen LogP contribution in [0.3, 0.4) is 0 Å². The van der Waals surface area contributed by atoms with Crippen molar-refractivity contribution in [2.24, 2.45) is 0 Å². The van der Waals surface area contributed by atoms with Gasteiger partial charge in [0.05, 0.1) is 18.8 Å². The molecule has 0 rings (SSSR count). The Labute approximate surface area is 336 Å². The fourth-order valence-corrected chi connectivity index (χ4v) is 6.93. The van der Waals surface area contributed by atoms with E-state index in [0.717, 1.165) is 70.6 Å². The maximum Gasteiger partial charge on any atom is 0.220 e. The summed E-state index contributed by atoms with van der Waals surface area (Å²) in [6.07, 6.45) is 63.4. The lowest BCUT2D eigenvalue weighted by molar-refractivity contribution is -0.123. The van der Waals surface area contributed by atoms with Crippen LogP contribution in [0.1, 0.15) is 232 Å². The fourth-order valence-electron chi connectivity index (χ4n) is 6.93. The lowest BCUT2D eigenvalue weighted by Gasteiger charge is -2.20. The van der Waals surface area contributed by atoms with Crippen LogP contribution in [-0.4, -0.2) is 34.9 Å². The second-order valence-corrected chi connectivity index (χ2v) is 15.8. The molecule has 2 unspecified atom stereocenters. The third-order valence-corrected chi connectivity index (χ3v) is 10.5. The van der Waals surface area contributed by atoms with E-state index in [1.807, 2.05) is 6.08 Å². The zero-order valence-electron chi connectivity index (χ0n) is 36.0. The molecule has 0 saturated carbocycles. The first-order valence-corrected chi connectivity index (χ1v) is 23.5. The van der Waals surface area contributed by atoms with Gasteiger partial charge in [-0.3, -0.25) is 4.79 Å². The van der Waals surface area contributed by atoms with Crippen LogP contribution in [0.2, 0.25) is 0 Å². The Kier molecular flexibility index (Phi) is 43.9. The minimum absolute atomic E-state index is 0.0877. The molecule has 0 aromatic rings. The molecule has 3 N–H and O–H groups in total. The van der Waals surface area contributed by atoms with E-state index in [-0.39, 0.29) is 12.5 Å². The van der Waals surface area contributed by atoms with Crippen molar-refractivity contribution in [2.45, 2.75) is 244 Å². The Bertz CT molecular complexity index is 904. The number of rotatable bonds is 42. The van der Waals surface area contributed by atoms with Crippen LogP contribution in [0.15, 0.2) is 60.8 Å². The van der Waals surface area contributed by atoms with Crippen LogP contribution in [0, 0.1) is 0 Å². The van der Waals surface area contributed by atoms with Crippen LogP contribution >= 0.6 is 0 Å². The molecule has 0 heterocycles. The molecule has 0 aliphatic rings. The molecule has 0 aliphatic carbocycles. The van der Waals surface area contributed by atoms with Gasteiger partial charge >= 0.3 is 0 Å². The molecule has 4 heteroatoms. The molecule has 0 aliphatic heterocycles. The van der Waals surface area contributed by atoms with Gasteiger partial charge in [0, 0.05) is 6.42 Å². The van der Waals surface area contributed by atoms with Gasteiger partial charge in [0.15, 0.2) is 0 Å². The number of hydrogen-bond acceptors (Lipinski definition) is 3. The molecule has 4 nitrogen and oxygen atoms in total. The Morgan fingerprint density at radius 1 is 0.463 bits per heavy atom. The summed E-state index contributed by atoms with van der Waals surface area (Å²) >= 11 is 0. The van der Waals surface area contributed by atoms with Crippen molar-refractivity contribution in [3.8, 4) is 0 Å². The monoisotopic (exact) mass is 754 g/mol. The van der Waals surface area contributed by atoms with Crippen LogP contribution in [0.25, 0.3) is 0 Å². The van der Waals surface area contributed by atoms with Crippen LogP contribution in [0.5, 0.6) is 0 Å². The predicted molar refractivity (Wildman–Crippen MR) is 239 cm³/mol. The first kappa shape index (κ1) is 52.1. The fraction of sp³-hybridized carbons (Fsp3) is 0.780. The van der Waals surface area contributed by atoms with Gasteiger partial charge in [-0.15, -0.1) is 0 Å². The third-order valence-electron chi connectivity index (χ3n) is 10.5.